The summed E-state index contributed by atoms with van der Waals surface area (Å²) in [6.07, 6.45) is 0. The number of Topliss-reactive ketones (excluding diaryl/α,β-unsaturated/α-hetero) is 1. The molecule has 4 nitrogen and oxygen atoms in total. The Labute approximate surface area is 113 Å². The number of fused-ring (bicyclic) bond motifs is 3. The van der Waals surface area contributed by atoms with Crippen molar-refractivity contribution in [2.45, 2.75) is 13.8 Å². The number of nitrogens with one attached hydrogen (secondary N) is 2. The van der Waals surface area contributed by atoms with E-state index in [4.69, 9.17) is 11.6 Å². The van der Waals surface area contributed by atoms with Gasteiger partial charge in [0, 0.05) is 29.3 Å². The van der Waals surface area contributed by atoms with Crippen molar-refractivity contribution in [2.75, 3.05) is 0 Å². The Kier molecular flexibility index (Phi) is 2.50. The number of aromatic amines is 2. The number of aromatic nitrogens is 2. The van der Waals surface area contributed by atoms with Crippen molar-refractivity contribution in [1.29, 1.82) is 0 Å². The fraction of sp³-hybridized carbons (Fsp3) is 0.143. The molecule has 19 heavy (non-hydrogen) atoms. The molecule has 0 aliphatic heterocycles. The van der Waals surface area contributed by atoms with Crippen molar-refractivity contribution in [3.05, 3.63) is 44.8 Å². The number of H-pyrrole nitrogens is 2. The maximum absolute atomic E-state index is 11.6. The smallest absolute Gasteiger partial charge is 0.249 e. The van der Waals surface area contributed by atoms with Crippen LogP contribution < -0.4 is 5.56 Å². The fourth-order valence-corrected chi connectivity index (χ4v) is 2.81. The van der Waals surface area contributed by atoms with Crippen molar-refractivity contribution >= 4 is 39.2 Å². The molecular weight excluding hydrogens is 264 g/mol. The van der Waals surface area contributed by atoms with Crippen LogP contribution in [0.25, 0.3) is 21.8 Å². The van der Waals surface area contributed by atoms with Crippen molar-refractivity contribution in [2.24, 2.45) is 0 Å². The van der Waals surface area contributed by atoms with Crippen molar-refractivity contribution in [1.82, 2.24) is 9.97 Å². The van der Waals surface area contributed by atoms with E-state index in [2.05, 4.69) is 9.97 Å². The van der Waals surface area contributed by atoms with Crippen molar-refractivity contribution in [3.8, 4) is 0 Å². The Morgan fingerprint density at radius 2 is 1.79 bits per heavy atom. The highest BCUT2D eigenvalue weighted by Gasteiger charge is 2.15. The SMILES string of the molecule is CC(=O)c1[nH]c2ccc3[nH]c(=O)cc(Cl)c3c2c1C. The molecule has 0 atom stereocenters. The highest BCUT2D eigenvalue weighted by Crippen LogP contribution is 2.32. The van der Waals surface area contributed by atoms with Crippen LogP contribution in [0.15, 0.2) is 23.0 Å². The molecule has 0 saturated heterocycles. The van der Waals surface area contributed by atoms with Gasteiger partial charge in [-0.25, -0.2) is 0 Å². The van der Waals surface area contributed by atoms with Gasteiger partial charge in [-0.3, -0.25) is 9.59 Å². The number of carbonyl (C=O) groups excluding carboxylic acids is 1. The maximum Gasteiger partial charge on any atom is 0.249 e. The molecule has 0 amide bonds. The first-order valence-electron chi connectivity index (χ1n) is 5.84. The predicted molar refractivity (Wildman–Crippen MR) is 76.2 cm³/mol. The topological polar surface area (TPSA) is 65.7 Å². The average Bonchev–Trinajstić information content (AvgIpc) is 2.66. The summed E-state index contributed by atoms with van der Waals surface area (Å²) in [5, 5.41) is 2.03. The minimum Gasteiger partial charge on any atom is -0.352 e. The molecule has 0 spiro atoms. The molecule has 2 N–H and O–H groups in total. The number of carbonyl (C=O) groups is 1. The van der Waals surface area contributed by atoms with E-state index in [0.717, 1.165) is 21.9 Å². The van der Waals surface area contributed by atoms with E-state index in [1.807, 2.05) is 13.0 Å². The molecule has 5 heteroatoms. The first-order valence-corrected chi connectivity index (χ1v) is 6.21. The molecule has 0 saturated carbocycles. The largest absolute Gasteiger partial charge is 0.352 e. The van der Waals surface area contributed by atoms with Crippen LogP contribution in [0.5, 0.6) is 0 Å². The monoisotopic (exact) mass is 274 g/mol. The van der Waals surface area contributed by atoms with Gasteiger partial charge in [0.1, 0.15) is 0 Å². The third kappa shape index (κ3) is 1.68. The second-order valence-electron chi connectivity index (χ2n) is 4.57. The Hall–Kier alpha value is -2.07. The zero-order valence-electron chi connectivity index (χ0n) is 10.4. The number of hydrogen-bond donors (Lipinski definition) is 2. The summed E-state index contributed by atoms with van der Waals surface area (Å²) in [5.41, 5.74) is 2.69. The number of rotatable bonds is 1. The van der Waals surface area contributed by atoms with E-state index < -0.39 is 0 Å². The number of hydrogen-bond acceptors (Lipinski definition) is 2. The van der Waals surface area contributed by atoms with Crippen LogP contribution in [0.3, 0.4) is 0 Å². The summed E-state index contributed by atoms with van der Waals surface area (Å²) in [5.74, 6) is -0.0256. The first-order chi connectivity index (χ1) is 8.99. The molecule has 0 radical (unpaired) electrons. The number of ketones is 1. The van der Waals surface area contributed by atoms with E-state index in [1.165, 1.54) is 13.0 Å². The van der Waals surface area contributed by atoms with Gasteiger partial charge in [-0.05, 0) is 24.6 Å². The molecule has 0 unspecified atom stereocenters. The van der Waals surface area contributed by atoms with Gasteiger partial charge in [0.15, 0.2) is 5.78 Å². The quantitative estimate of drug-likeness (QED) is 0.669. The minimum absolute atomic E-state index is 0.0256. The fourth-order valence-electron chi connectivity index (χ4n) is 2.51. The van der Waals surface area contributed by atoms with E-state index >= 15 is 0 Å². The Balaban J connectivity index is 2.59. The summed E-state index contributed by atoms with van der Waals surface area (Å²) in [6, 6.07) is 4.97. The van der Waals surface area contributed by atoms with Crippen molar-refractivity contribution < 1.29 is 4.79 Å². The molecule has 3 aromatic rings. The van der Waals surface area contributed by atoms with Gasteiger partial charge in [-0.15, -0.1) is 0 Å². The third-order valence-corrected chi connectivity index (χ3v) is 3.62. The van der Waals surface area contributed by atoms with Gasteiger partial charge < -0.3 is 9.97 Å². The van der Waals surface area contributed by atoms with Crippen LogP contribution in [0.2, 0.25) is 5.02 Å². The lowest BCUT2D eigenvalue weighted by molar-refractivity contribution is 0.101. The summed E-state index contributed by atoms with van der Waals surface area (Å²) >= 11 is 6.18. The van der Waals surface area contributed by atoms with Crippen LogP contribution in [0.4, 0.5) is 0 Å². The summed E-state index contributed by atoms with van der Waals surface area (Å²) in [6.45, 7) is 3.39. The predicted octanol–water partition coefficient (Wildman–Crippen LogP) is 3.17. The standard InChI is InChI=1S/C14H11ClN2O2/c1-6-12-9(17-14(6)7(2)18)3-4-10-13(12)8(15)5-11(19)16-10/h3-5,17H,1-2H3,(H,16,19). The van der Waals surface area contributed by atoms with Gasteiger partial charge in [0.05, 0.1) is 16.2 Å². The Morgan fingerprint density at radius 1 is 1.16 bits per heavy atom. The van der Waals surface area contributed by atoms with Gasteiger partial charge in [0.25, 0.3) is 0 Å². The molecule has 0 aliphatic carbocycles. The maximum atomic E-state index is 11.6. The second-order valence-corrected chi connectivity index (χ2v) is 4.98. The van der Waals surface area contributed by atoms with Crippen LogP contribution >= 0.6 is 11.6 Å². The molecule has 2 aromatic heterocycles. The summed E-state index contributed by atoms with van der Waals surface area (Å²) < 4.78 is 0. The lowest BCUT2D eigenvalue weighted by Gasteiger charge is -2.03. The number of benzene rings is 1. The van der Waals surface area contributed by atoms with Gasteiger partial charge in [-0.1, -0.05) is 11.6 Å². The molecule has 0 bridgehead atoms. The normalized spacial score (nSPS) is 11.3. The first kappa shape index (κ1) is 12.0. The van der Waals surface area contributed by atoms with Crippen LogP contribution in [0.1, 0.15) is 23.0 Å². The highest BCUT2D eigenvalue weighted by molar-refractivity contribution is 6.37. The minimum atomic E-state index is -0.239. The van der Waals surface area contributed by atoms with Gasteiger partial charge in [-0.2, -0.15) is 0 Å². The molecule has 3 rings (SSSR count). The lowest BCUT2D eigenvalue weighted by atomic mass is 10.1. The highest BCUT2D eigenvalue weighted by atomic mass is 35.5. The zero-order valence-corrected chi connectivity index (χ0v) is 11.2. The van der Waals surface area contributed by atoms with E-state index in [9.17, 15) is 9.59 Å². The number of pyridine rings is 1. The molecule has 0 aliphatic rings. The van der Waals surface area contributed by atoms with E-state index in [-0.39, 0.29) is 11.3 Å². The number of aryl methyl sites for hydroxylation is 1. The van der Waals surface area contributed by atoms with Crippen LogP contribution in [0, 0.1) is 6.92 Å². The molecule has 96 valence electrons. The van der Waals surface area contributed by atoms with Crippen LogP contribution in [-0.4, -0.2) is 15.8 Å². The zero-order chi connectivity index (χ0) is 13.7. The average molecular weight is 275 g/mol. The molecule has 0 fully saturated rings. The van der Waals surface area contributed by atoms with E-state index in [1.54, 1.807) is 6.07 Å². The molecule has 1 aromatic carbocycles. The van der Waals surface area contributed by atoms with Gasteiger partial charge in [0.2, 0.25) is 5.56 Å². The Morgan fingerprint density at radius 3 is 2.42 bits per heavy atom. The summed E-state index contributed by atoms with van der Waals surface area (Å²) in [4.78, 5) is 28.9. The van der Waals surface area contributed by atoms with Crippen LogP contribution in [-0.2, 0) is 0 Å². The van der Waals surface area contributed by atoms with Gasteiger partial charge >= 0.3 is 0 Å². The molecule has 2 heterocycles. The second kappa shape index (κ2) is 3.96. The molecular formula is C14H11ClN2O2. The Bertz CT molecular complexity index is 890. The summed E-state index contributed by atoms with van der Waals surface area (Å²) in [7, 11) is 0. The van der Waals surface area contributed by atoms with Crippen molar-refractivity contribution in [3.63, 3.8) is 0 Å². The lowest BCUT2D eigenvalue weighted by Crippen LogP contribution is -2.03. The number of halogens is 1. The van der Waals surface area contributed by atoms with E-state index in [0.29, 0.717) is 16.2 Å². The third-order valence-electron chi connectivity index (χ3n) is 3.32.